The molecule has 0 unspecified atom stereocenters. The maximum atomic E-state index is 5.76. The van der Waals surface area contributed by atoms with Gasteiger partial charge in [0.15, 0.2) is 5.11 Å². The summed E-state index contributed by atoms with van der Waals surface area (Å²) in [4.78, 5) is 7.05. The van der Waals surface area contributed by atoms with E-state index in [0.29, 0.717) is 6.04 Å². The maximum absolute atomic E-state index is 5.76. The fourth-order valence-electron chi connectivity index (χ4n) is 4.65. The van der Waals surface area contributed by atoms with Crippen molar-refractivity contribution in [2.45, 2.75) is 70.0 Å². The molecule has 27 heavy (non-hydrogen) atoms. The van der Waals surface area contributed by atoms with Gasteiger partial charge in [0.05, 0.1) is 17.8 Å². The van der Waals surface area contributed by atoms with E-state index in [9.17, 15) is 0 Å². The van der Waals surface area contributed by atoms with E-state index in [4.69, 9.17) is 12.2 Å². The number of nitrogens with one attached hydrogen (secondary N) is 1. The summed E-state index contributed by atoms with van der Waals surface area (Å²) < 4.78 is 2.54. The standard InChI is InChI=1S/C22H30N4S/c1-2-3-15-26-21(20(24-22(26)27)18-12-7-8-14-23-18)19-13-9-16-25(19)17-10-5-4-6-11-17/h7-9,12-14,16-17,20-21H,2-6,10-11,15H2,1H3,(H,24,27)/t20-,21-/m0/s1. The topological polar surface area (TPSA) is 33.1 Å². The number of aromatic nitrogens is 2. The highest BCUT2D eigenvalue weighted by Gasteiger charge is 2.41. The van der Waals surface area contributed by atoms with Gasteiger partial charge in [-0.05, 0) is 55.7 Å². The molecule has 1 N–H and O–H groups in total. The number of hydrogen-bond acceptors (Lipinski definition) is 2. The highest BCUT2D eigenvalue weighted by Crippen LogP contribution is 2.41. The molecule has 2 aromatic heterocycles. The van der Waals surface area contributed by atoms with Gasteiger partial charge in [-0.15, -0.1) is 0 Å². The molecule has 2 atom stereocenters. The summed E-state index contributed by atoms with van der Waals surface area (Å²) in [5.74, 6) is 0. The van der Waals surface area contributed by atoms with E-state index in [1.165, 1.54) is 44.2 Å². The summed E-state index contributed by atoms with van der Waals surface area (Å²) >= 11 is 5.76. The van der Waals surface area contributed by atoms with Crippen molar-refractivity contribution in [3.8, 4) is 0 Å². The minimum atomic E-state index is 0.104. The van der Waals surface area contributed by atoms with Gasteiger partial charge in [0.1, 0.15) is 0 Å². The number of thiocarbonyl (C=S) groups is 1. The van der Waals surface area contributed by atoms with Gasteiger partial charge in [-0.1, -0.05) is 38.7 Å². The first kappa shape index (κ1) is 18.5. The van der Waals surface area contributed by atoms with Crippen molar-refractivity contribution in [2.75, 3.05) is 6.54 Å². The molecule has 0 bridgehead atoms. The summed E-state index contributed by atoms with van der Waals surface area (Å²) in [5.41, 5.74) is 2.45. The Labute approximate surface area is 168 Å². The number of nitrogens with zero attached hydrogens (tertiary/aromatic N) is 3. The predicted octanol–water partition coefficient (Wildman–Crippen LogP) is 5.16. The zero-order chi connectivity index (χ0) is 18.6. The van der Waals surface area contributed by atoms with Crippen molar-refractivity contribution < 1.29 is 0 Å². The van der Waals surface area contributed by atoms with Gasteiger partial charge >= 0.3 is 0 Å². The molecule has 2 aliphatic rings. The second-order valence-electron chi connectivity index (χ2n) is 7.81. The van der Waals surface area contributed by atoms with Crippen molar-refractivity contribution >= 4 is 17.3 Å². The Morgan fingerprint density at radius 2 is 2.00 bits per heavy atom. The number of rotatable bonds is 6. The molecule has 4 nitrogen and oxygen atoms in total. The molecule has 2 aromatic rings. The average molecular weight is 383 g/mol. The van der Waals surface area contributed by atoms with Crippen LogP contribution in [0.15, 0.2) is 42.7 Å². The smallest absolute Gasteiger partial charge is 0.170 e. The largest absolute Gasteiger partial charge is 0.352 e. The van der Waals surface area contributed by atoms with Gasteiger partial charge in [-0.3, -0.25) is 4.98 Å². The molecule has 1 saturated heterocycles. The highest BCUT2D eigenvalue weighted by molar-refractivity contribution is 7.80. The van der Waals surface area contributed by atoms with E-state index in [1.54, 1.807) is 0 Å². The van der Waals surface area contributed by atoms with Crippen molar-refractivity contribution in [1.82, 2.24) is 19.8 Å². The minimum absolute atomic E-state index is 0.104. The van der Waals surface area contributed by atoms with Crippen LogP contribution in [0.25, 0.3) is 0 Å². The highest BCUT2D eigenvalue weighted by atomic mass is 32.1. The molecule has 0 amide bonds. The second kappa shape index (κ2) is 8.42. The van der Waals surface area contributed by atoms with E-state index in [2.05, 4.69) is 57.2 Å². The Morgan fingerprint density at radius 3 is 2.74 bits per heavy atom. The summed E-state index contributed by atoms with van der Waals surface area (Å²) in [6.07, 6.45) is 13.1. The van der Waals surface area contributed by atoms with Gasteiger partial charge in [-0.2, -0.15) is 0 Å². The molecule has 5 heteroatoms. The lowest BCUT2D eigenvalue weighted by Crippen LogP contribution is -2.32. The van der Waals surface area contributed by atoms with Crippen LogP contribution < -0.4 is 5.32 Å². The third kappa shape index (κ3) is 3.75. The lowest BCUT2D eigenvalue weighted by Gasteiger charge is -2.32. The summed E-state index contributed by atoms with van der Waals surface area (Å²) in [6, 6.07) is 11.6. The fourth-order valence-corrected chi connectivity index (χ4v) is 4.98. The molecular formula is C22H30N4S. The Bertz CT molecular complexity index is 751. The molecular weight excluding hydrogens is 352 g/mol. The van der Waals surface area contributed by atoms with E-state index in [0.717, 1.165) is 23.8 Å². The molecule has 4 rings (SSSR count). The molecule has 1 saturated carbocycles. The molecule has 0 spiro atoms. The third-order valence-corrected chi connectivity index (χ3v) is 6.39. The van der Waals surface area contributed by atoms with E-state index < -0.39 is 0 Å². The van der Waals surface area contributed by atoms with Crippen LogP contribution in [0.3, 0.4) is 0 Å². The molecule has 144 valence electrons. The second-order valence-corrected chi connectivity index (χ2v) is 8.19. The van der Waals surface area contributed by atoms with Gasteiger partial charge in [0, 0.05) is 30.7 Å². The SMILES string of the molecule is CCCCN1C(=S)N[C@@H](c2ccccn2)[C@@H]1c1cccn1C1CCCCC1. The van der Waals surface area contributed by atoms with E-state index in [1.807, 2.05) is 12.3 Å². The van der Waals surface area contributed by atoms with Gasteiger partial charge in [0.25, 0.3) is 0 Å². The molecule has 0 radical (unpaired) electrons. The van der Waals surface area contributed by atoms with E-state index in [-0.39, 0.29) is 12.1 Å². The maximum Gasteiger partial charge on any atom is 0.170 e. The van der Waals surface area contributed by atoms with Crippen LogP contribution in [0.2, 0.25) is 0 Å². The molecule has 3 heterocycles. The third-order valence-electron chi connectivity index (χ3n) is 6.03. The van der Waals surface area contributed by atoms with Crippen LogP contribution >= 0.6 is 12.2 Å². The molecule has 0 aromatic carbocycles. The van der Waals surface area contributed by atoms with Crippen molar-refractivity contribution in [3.63, 3.8) is 0 Å². The zero-order valence-corrected chi connectivity index (χ0v) is 17.0. The van der Waals surface area contributed by atoms with Crippen LogP contribution in [-0.2, 0) is 0 Å². The summed E-state index contributed by atoms with van der Waals surface area (Å²) in [5, 5.41) is 4.44. The monoisotopic (exact) mass is 382 g/mol. The molecule has 1 aliphatic heterocycles. The predicted molar refractivity (Wildman–Crippen MR) is 114 cm³/mol. The van der Waals surface area contributed by atoms with Crippen molar-refractivity contribution in [3.05, 3.63) is 54.1 Å². The Kier molecular flexibility index (Phi) is 5.77. The minimum Gasteiger partial charge on any atom is -0.352 e. The van der Waals surface area contributed by atoms with Gasteiger partial charge in [-0.25, -0.2) is 0 Å². The molecule has 1 aliphatic carbocycles. The summed E-state index contributed by atoms with van der Waals surface area (Å²) in [6.45, 7) is 3.23. The van der Waals surface area contributed by atoms with Crippen molar-refractivity contribution in [1.29, 1.82) is 0 Å². The van der Waals surface area contributed by atoms with Crippen LogP contribution in [0, 0.1) is 0 Å². The van der Waals surface area contributed by atoms with Crippen LogP contribution in [0.5, 0.6) is 0 Å². The van der Waals surface area contributed by atoms with Crippen LogP contribution in [-0.4, -0.2) is 26.1 Å². The number of hydrogen-bond donors (Lipinski definition) is 1. The average Bonchev–Trinajstić information content (AvgIpc) is 3.32. The Hall–Kier alpha value is -1.88. The number of pyridine rings is 1. The van der Waals surface area contributed by atoms with E-state index >= 15 is 0 Å². The molecule has 2 fully saturated rings. The zero-order valence-electron chi connectivity index (χ0n) is 16.2. The lowest BCUT2D eigenvalue weighted by molar-refractivity contribution is 0.277. The normalized spacial score (nSPS) is 23.6. The van der Waals surface area contributed by atoms with Crippen molar-refractivity contribution in [2.24, 2.45) is 0 Å². The quantitative estimate of drug-likeness (QED) is 0.700. The first-order valence-corrected chi connectivity index (χ1v) is 10.8. The fraction of sp³-hybridized carbons (Fsp3) is 0.545. The first-order chi connectivity index (χ1) is 13.3. The van der Waals surface area contributed by atoms with Gasteiger partial charge < -0.3 is 14.8 Å². The number of unbranched alkanes of at least 4 members (excludes halogenated alkanes) is 1. The lowest BCUT2D eigenvalue weighted by atomic mass is 9.94. The van der Waals surface area contributed by atoms with Gasteiger partial charge in [0.2, 0.25) is 0 Å². The first-order valence-electron chi connectivity index (χ1n) is 10.4. The Balaban J connectivity index is 1.71. The Morgan fingerprint density at radius 1 is 1.15 bits per heavy atom. The van der Waals surface area contributed by atoms with Crippen LogP contribution in [0.1, 0.15) is 81.4 Å². The van der Waals surface area contributed by atoms with Crippen LogP contribution in [0.4, 0.5) is 0 Å². The summed E-state index contributed by atoms with van der Waals surface area (Å²) in [7, 11) is 0.